The predicted octanol–water partition coefficient (Wildman–Crippen LogP) is 1.24. The quantitative estimate of drug-likeness (QED) is 0.880. The summed E-state index contributed by atoms with van der Waals surface area (Å²) in [5, 5.41) is 11.4. The largest absolute Gasteiger partial charge is 0.359 e. The fourth-order valence-electron chi connectivity index (χ4n) is 1.05. The summed E-state index contributed by atoms with van der Waals surface area (Å²) in [6, 6.07) is 0. The maximum absolute atomic E-state index is 5.78. The standard InChI is InChI=1S/C7H9ClN6S/c1-4-10-11-5(14(4)2)3-9-7-6(8)12-15-13-7/h3H2,1-2H3,(H,9,13). The van der Waals surface area contributed by atoms with E-state index < -0.39 is 0 Å². The zero-order valence-corrected chi connectivity index (χ0v) is 9.80. The molecule has 0 fully saturated rings. The van der Waals surface area contributed by atoms with Crippen molar-refractivity contribution in [3.8, 4) is 0 Å². The molecule has 80 valence electrons. The molecule has 15 heavy (non-hydrogen) atoms. The van der Waals surface area contributed by atoms with E-state index in [9.17, 15) is 0 Å². The van der Waals surface area contributed by atoms with Gasteiger partial charge in [0.1, 0.15) is 5.82 Å². The van der Waals surface area contributed by atoms with Crippen molar-refractivity contribution in [2.45, 2.75) is 13.5 Å². The summed E-state index contributed by atoms with van der Waals surface area (Å²) < 4.78 is 9.75. The van der Waals surface area contributed by atoms with Crippen LogP contribution >= 0.6 is 23.3 Å². The van der Waals surface area contributed by atoms with Gasteiger partial charge in [0.15, 0.2) is 16.8 Å². The second-order valence-electron chi connectivity index (χ2n) is 2.98. The molecule has 0 amide bonds. The molecule has 8 heteroatoms. The van der Waals surface area contributed by atoms with Crippen LogP contribution in [-0.2, 0) is 13.6 Å². The van der Waals surface area contributed by atoms with E-state index in [4.69, 9.17) is 11.6 Å². The average Bonchev–Trinajstić information content (AvgIpc) is 2.74. The van der Waals surface area contributed by atoms with Crippen molar-refractivity contribution in [2.24, 2.45) is 7.05 Å². The Morgan fingerprint density at radius 2 is 2.20 bits per heavy atom. The predicted molar refractivity (Wildman–Crippen MR) is 58.0 cm³/mol. The highest BCUT2D eigenvalue weighted by molar-refractivity contribution is 6.99. The number of aromatic nitrogens is 5. The summed E-state index contributed by atoms with van der Waals surface area (Å²) >= 11 is 6.86. The highest BCUT2D eigenvalue weighted by Gasteiger charge is 2.08. The van der Waals surface area contributed by atoms with Gasteiger partial charge in [-0.25, -0.2) is 0 Å². The van der Waals surface area contributed by atoms with Crippen LogP contribution in [0.15, 0.2) is 0 Å². The number of nitrogens with zero attached hydrogens (tertiary/aromatic N) is 5. The third-order valence-electron chi connectivity index (χ3n) is 2.05. The molecule has 0 atom stereocenters. The van der Waals surface area contributed by atoms with Crippen molar-refractivity contribution in [3.63, 3.8) is 0 Å². The SMILES string of the molecule is Cc1nnc(CNc2nsnc2Cl)n1C. The van der Waals surface area contributed by atoms with Crippen molar-refractivity contribution in [2.75, 3.05) is 5.32 Å². The first-order valence-corrected chi connectivity index (χ1v) is 5.36. The zero-order valence-electron chi connectivity index (χ0n) is 8.23. The van der Waals surface area contributed by atoms with Crippen LogP contribution in [0, 0.1) is 6.92 Å². The minimum atomic E-state index is 0.388. The molecule has 1 N–H and O–H groups in total. The molecular formula is C7H9ClN6S. The number of hydrogen-bond acceptors (Lipinski definition) is 6. The van der Waals surface area contributed by atoms with Gasteiger partial charge in [-0.1, -0.05) is 11.6 Å². The van der Waals surface area contributed by atoms with Gasteiger partial charge in [0.2, 0.25) is 0 Å². The van der Waals surface area contributed by atoms with Crippen molar-refractivity contribution in [1.29, 1.82) is 0 Å². The van der Waals surface area contributed by atoms with E-state index in [1.54, 1.807) is 0 Å². The Hall–Kier alpha value is -1.21. The Bertz CT molecular complexity index is 464. The maximum atomic E-state index is 5.78. The summed E-state index contributed by atoms with van der Waals surface area (Å²) in [5.41, 5.74) is 0. The number of anilines is 1. The molecule has 2 aromatic rings. The van der Waals surface area contributed by atoms with Crippen LogP contribution < -0.4 is 5.32 Å². The van der Waals surface area contributed by atoms with E-state index in [0.717, 1.165) is 23.4 Å². The van der Waals surface area contributed by atoms with Gasteiger partial charge in [-0.3, -0.25) is 0 Å². The minimum absolute atomic E-state index is 0.388. The molecule has 2 aromatic heterocycles. The van der Waals surface area contributed by atoms with E-state index in [1.807, 2.05) is 18.5 Å². The molecule has 0 aliphatic rings. The van der Waals surface area contributed by atoms with Gasteiger partial charge in [0.05, 0.1) is 18.3 Å². The Balaban J connectivity index is 2.05. The fraction of sp³-hybridized carbons (Fsp3) is 0.429. The number of hydrogen-bond donors (Lipinski definition) is 1. The van der Waals surface area contributed by atoms with Gasteiger partial charge in [-0.15, -0.1) is 10.2 Å². The first kappa shape index (κ1) is 10.3. The van der Waals surface area contributed by atoms with Crippen LogP contribution in [0.4, 0.5) is 5.82 Å². The molecule has 6 nitrogen and oxygen atoms in total. The van der Waals surface area contributed by atoms with E-state index >= 15 is 0 Å². The van der Waals surface area contributed by atoms with E-state index in [2.05, 4.69) is 24.3 Å². The fourth-order valence-corrected chi connectivity index (χ4v) is 1.73. The number of nitrogens with one attached hydrogen (secondary N) is 1. The molecule has 0 aliphatic carbocycles. The Kier molecular flexibility index (Phi) is 2.83. The molecule has 0 spiro atoms. The van der Waals surface area contributed by atoms with Gasteiger partial charge < -0.3 is 9.88 Å². The van der Waals surface area contributed by atoms with E-state index in [0.29, 0.717) is 17.5 Å². The molecule has 0 saturated heterocycles. The summed E-state index contributed by atoms with van der Waals surface area (Å²) in [7, 11) is 1.91. The number of aryl methyl sites for hydroxylation is 1. The zero-order chi connectivity index (χ0) is 10.8. The molecule has 0 aliphatic heterocycles. The Morgan fingerprint density at radius 1 is 1.40 bits per heavy atom. The molecule has 2 rings (SSSR count). The highest BCUT2D eigenvalue weighted by atomic mass is 35.5. The Morgan fingerprint density at radius 3 is 2.73 bits per heavy atom. The first-order chi connectivity index (χ1) is 7.18. The third-order valence-corrected chi connectivity index (χ3v) is 2.94. The topological polar surface area (TPSA) is 68.5 Å². The Labute approximate surface area is 95.6 Å². The summed E-state index contributed by atoms with van der Waals surface area (Å²) in [6.45, 7) is 2.43. The normalized spacial score (nSPS) is 10.6. The third kappa shape index (κ3) is 2.07. The van der Waals surface area contributed by atoms with Crippen molar-refractivity contribution >= 4 is 29.1 Å². The lowest BCUT2D eigenvalue weighted by Crippen LogP contribution is -2.07. The smallest absolute Gasteiger partial charge is 0.186 e. The molecule has 0 unspecified atom stereocenters. The van der Waals surface area contributed by atoms with E-state index in [1.165, 1.54) is 0 Å². The van der Waals surface area contributed by atoms with Crippen molar-refractivity contribution in [1.82, 2.24) is 23.5 Å². The molecular weight excluding hydrogens is 236 g/mol. The van der Waals surface area contributed by atoms with Crippen LogP contribution in [0.25, 0.3) is 0 Å². The average molecular weight is 245 g/mol. The molecule has 0 saturated carbocycles. The lowest BCUT2D eigenvalue weighted by Gasteiger charge is -2.02. The van der Waals surface area contributed by atoms with Crippen LogP contribution in [0.2, 0.25) is 5.15 Å². The van der Waals surface area contributed by atoms with Crippen LogP contribution in [0.5, 0.6) is 0 Å². The summed E-state index contributed by atoms with van der Waals surface area (Å²) in [4.78, 5) is 0. The monoisotopic (exact) mass is 244 g/mol. The van der Waals surface area contributed by atoms with Crippen LogP contribution in [0.3, 0.4) is 0 Å². The highest BCUT2D eigenvalue weighted by Crippen LogP contribution is 2.18. The molecule has 0 radical (unpaired) electrons. The maximum Gasteiger partial charge on any atom is 0.186 e. The van der Waals surface area contributed by atoms with Gasteiger partial charge in [-0.05, 0) is 6.92 Å². The van der Waals surface area contributed by atoms with Crippen molar-refractivity contribution in [3.05, 3.63) is 16.8 Å². The van der Waals surface area contributed by atoms with Crippen LogP contribution in [-0.4, -0.2) is 23.5 Å². The van der Waals surface area contributed by atoms with Gasteiger partial charge in [0, 0.05) is 7.05 Å². The second-order valence-corrected chi connectivity index (χ2v) is 3.87. The minimum Gasteiger partial charge on any atom is -0.359 e. The van der Waals surface area contributed by atoms with Gasteiger partial charge in [0.25, 0.3) is 0 Å². The molecule has 0 bridgehead atoms. The van der Waals surface area contributed by atoms with Crippen molar-refractivity contribution < 1.29 is 0 Å². The lowest BCUT2D eigenvalue weighted by atomic mass is 10.5. The first-order valence-electron chi connectivity index (χ1n) is 4.25. The van der Waals surface area contributed by atoms with Crippen LogP contribution in [0.1, 0.15) is 11.6 Å². The molecule has 0 aromatic carbocycles. The van der Waals surface area contributed by atoms with E-state index in [-0.39, 0.29) is 0 Å². The molecule has 2 heterocycles. The van der Waals surface area contributed by atoms with Gasteiger partial charge >= 0.3 is 0 Å². The number of halogens is 1. The summed E-state index contributed by atoms with van der Waals surface area (Å²) in [6.07, 6.45) is 0. The lowest BCUT2D eigenvalue weighted by molar-refractivity contribution is 0.788. The second kappa shape index (κ2) is 4.11. The summed E-state index contributed by atoms with van der Waals surface area (Å²) in [5.74, 6) is 2.29. The van der Waals surface area contributed by atoms with Gasteiger partial charge in [-0.2, -0.15) is 8.75 Å². The number of rotatable bonds is 3.